The molecule has 0 atom stereocenters. The fourth-order valence-corrected chi connectivity index (χ4v) is 2.11. The van der Waals surface area contributed by atoms with E-state index < -0.39 is 0 Å². The summed E-state index contributed by atoms with van der Waals surface area (Å²) in [5.74, 6) is 3.10. The van der Waals surface area contributed by atoms with E-state index in [0.29, 0.717) is 11.0 Å². The molecular weight excluding hydrogens is 248 g/mol. The van der Waals surface area contributed by atoms with Crippen molar-refractivity contribution in [2.75, 3.05) is 11.5 Å². The van der Waals surface area contributed by atoms with Gasteiger partial charge < -0.3 is 11.5 Å². The lowest BCUT2D eigenvalue weighted by atomic mass is 10.0. The molecule has 1 heterocycles. The van der Waals surface area contributed by atoms with Crippen molar-refractivity contribution < 1.29 is 0 Å². The van der Waals surface area contributed by atoms with Crippen LogP contribution in [0.4, 0.5) is 11.6 Å². The van der Waals surface area contributed by atoms with E-state index in [-0.39, 0.29) is 11.6 Å². The van der Waals surface area contributed by atoms with Gasteiger partial charge in [0.15, 0.2) is 11.6 Å². The molecular formula is C16H12N4. The van der Waals surface area contributed by atoms with E-state index in [9.17, 15) is 0 Å². The van der Waals surface area contributed by atoms with Crippen LogP contribution < -0.4 is 11.5 Å². The van der Waals surface area contributed by atoms with Crippen molar-refractivity contribution >= 4 is 22.7 Å². The highest BCUT2D eigenvalue weighted by Crippen LogP contribution is 2.28. The Kier molecular flexibility index (Phi) is 2.73. The van der Waals surface area contributed by atoms with E-state index in [1.807, 2.05) is 42.5 Å². The Labute approximate surface area is 116 Å². The number of aromatic nitrogens is 2. The number of benzene rings is 2. The van der Waals surface area contributed by atoms with Gasteiger partial charge in [0.25, 0.3) is 0 Å². The first-order valence-corrected chi connectivity index (χ1v) is 6.08. The summed E-state index contributed by atoms with van der Waals surface area (Å²) in [6.07, 6.45) is 5.44. The van der Waals surface area contributed by atoms with Gasteiger partial charge in [-0.3, -0.25) is 0 Å². The molecule has 3 aromatic rings. The van der Waals surface area contributed by atoms with Crippen LogP contribution in [0.25, 0.3) is 22.2 Å². The van der Waals surface area contributed by atoms with E-state index in [2.05, 4.69) is 15.9 Å². The van der Waals surface area contributed by atoms with Crippen LogP contribution in [0.5, 0.6) is 0 Å². The maximum Gasteiger partial charge on any atom is 0.166 e. The third-order valence-electron chi connectivity index (χ3n) is 3.09. The lowest BCUT2D eigenvalue weighted by Crippen LogP contribution is -2.02. The van der Waals surface area contributed by atoms with Gasteiger partial charge in [0, 0.05) is 11.1 Å². The smallest absolute Gasteiger partial charge is 0.166 e. The van der Waals surface area contributed by atoms with E-state index in [1.165, 1.54) is 0 Å². The van der Waals surface area contributed by atoms with Gasteiger partial charge in [-0.05, 0) is 23.8 Å². The largest absolute Gasteiger partial charge is 0.381 e. The van der Waals surface area contributed by atoms with Crippen LogP contribution in [0, 0.1) is 12.3 Å². The van der Waals surface area contributed by atoms with Crippen LogP contribution in [0.2, 0.25) is 0 Å². The summed E-state index contributed by atoms with van der Waals surface area (Å²) in [6.45, 7) is 0. The van der Waals surface area contributed by atoms with Crippen molar-refractivity contribution in [3.63, 3.8) is 0 Å². The number of nitrogens with zero attached hydrogens (tertiary/aromatic N) is 2. The number of rotatable bonds is 1. The summed E-state index contributed by atoms with van der Waals surface area (Å²) < 4.78 is 0. The van der Waals surface area contributed by atoms with Gasteiger partial charge in [0.05, 0.1) is 11.0 Å². The molecule has 4 N–H and O–H groups in total. The predicted molar refractivity (Wildman–Crippen MR) is 81.7 cm³/mol. The molecule has 0 fully saturated rings. The zero-order valence-corrected chi connectivity index (χ0v) is 10.7. The molecule has 0 aliphatic carbocycles. The number of anilines is 2. The Morgan fingerprint density at radius 3 is 2.50 bits per heavy atom. The van der Waals surface area contributed by atoms with E-state index >= 15 is 0 Å². The Morgan fingerprint density at radius 1 is 0.950 bits per heavy atom. The standard InChI is InChI=1S/C16H12N4/c1-2-10-5-3-6-11(9-10)12-7-4-8-13-14(12)20-16(18)15(17)19-13/h1,3-9H,(H2,17,19)(H2,18,20). The first-order chi connectivity index (χ1) is 9.69. The number of nitrogen functional groups attached to an aromatic ring is 2. The van der Waals surface area contributed by atoms with Crippen LogP contribution in [0.1, 0.15) is 5.56 Å². The van der Waals surface area contributed by atoms with Crippen LogP contribution in [-0.2, 0) is 0 Å². The average Bonchev–Trinajstić information content (AvgIpc) is 2.48. The molecule has 0 saturated heterocycles. The topological polar surface area (TPSA) is 77.8 Å². The first kappa shape index (κ1) is 12.0. The summed E-state index contributed by atoms with van der Waals surface area (Å²) in [5.41, 5.74) is 15.6. The van der Waals surface area contributed by atoms with Crippen molar-refractivity contribution in [2.24, 2.45) is 0 Å². The minimum atomic E-state index is 0.234. The summed E-state index contributed by atoms with van der Waals surface area (Å²) in [5, 5.41) is 0. The van der Waals surface area contributed by atoms with Gasteiger partial charge in [-0.15, -0.1) is 6.42 Å². The SMILES string of the molecule is C#Cc1cccc(-c2cccc3nc(N)c(N)nc23)c1. The number of hydrogen-bond acceptors (Lipinski definition) is 4. The number of fused-ring (bicyclic) bond motifs is 1. The number of hydrogen-bond donors (Lipinski definition) is 2. The Morgan fingerprint density at radius 2 is 1.70 bits per heavy atom. The third-order valence-corrected chi connectivity index (χ3v) is 3.09. The molecule has 96 valence electrons. The zero-order valence-electron chi connectivity index (χ0n) is 10.7. The van der Waals surface area contributed by atoms with Crippen molar-refractivity contribution in [3.8, 4) is 23.5 Å². The summed E-state index contributed by atoms with van der Waals surface area (Å²) in [7, 11) is 0. The fraction of sp³-hybridized carbons (Fsp3) is 0. The number of para-hydroxylation sites is 1. The van der Waals surface area contributed by atoms with Crippen molar-refractivity contribution in [1.82, 2.24) is 9.97 Å². The molecule has 4 nitrogen and oxygen atoms in total. The van der Waals surface area contributed by atoms with Gasteiger partial charge in [-0.1, -0.05) is 30.2 Å². The van der Waals surface area contributed by atoms with Crippen molar-refractivity contribution in [1.29, 1.82) is 0 Å². The van der Waals surface area contributed by atoms with Crippen LogP contribution >= 0.6 is 0 Å². The lowest BCUT2D eigenvalue weighted by molar-refractivity contribution is 1.31. The average molecular weight is 260 g/mol. The van der Waals surface area contributed by atoms with E-state index in [4.69, 9.17) is 17.9 Å². The molecule has 2 aromatic carbocycles. The minimum Gasteiger partial charge on any atom is -0.381 e. The highest BCUT2D eigenvalue weighted by atomic mass is 15.0. The maximum atomic E-state index is 5.76. The van der Waals surface area contributed by atoms with Gasteiger partial charge in [-0.2, -0.15) is 0 Å². The van der Waals surface area contributed by atoms with Crippen LogP contribution in [0.3, 0.4) is 0 Å². The molecule has 0 amide bonds. The molecule has 0 saturated carbocycles. The second-order valence-electron chi connectivity index (χ2n) is 4.39. The first-order valence-electron chi connectivity index (χ1n) is 6.08. The molecule has 0 aliphatic heterocycles. The Bertz CT molecular complexity index is 847. The third kappa shape index (κ3) is 1.91. The van der Waals surface area contributed by atoms with E-state index in [0.717, 1.165) is 16.7 Å². The molecule has 0 unspecified atom stereocenters. The van der Waals surface area contributed by atoms with Crippen molar-refractivity contribution in [3.05, 3.63) is 48.0 Å². The molecule has 0 bridgehead atoms. The number of terminal acetylenes is 1. The summed E-state index contributed by atoms with van der Waals surface area (Å²) in [6, 6.07) is 13.4. The second-order valence-corrected chi connectivity index (χ2v) is 4.39. The van der Waals surface area contributed by atoms with Gasteiger partial charge in [0.1, 0.15) is 0 Å². The monoisotopic (exact) mass is 260 g/mol. The predicted octanol–water partition coefficient (Wildman–Crippen LogP) is 2.44. The fourth-order valence-electron chi connectivity index (χ4n) is 2.11. The molecule has 20 heavy (non-hydrogen) atoms. The molecule has 0 aliphatic rings. The Hall–Kier alpha value is -3.06. The molecule has 0 spiro atoms. The van der Waals surface area contributed by atoms with Gasteiger partial charge in [0.2, 0.25) is 0 Å². The maximum absolute atomic E-state index is 5.76. The van der Waals surface area contributed by atoms with Crippen LogP contribution in [-0.4, -0.2) is 9.97 Å². The zero-order chi connectivity index (χ0) is 14.1. The molecule has 3 rings (SSSR count). The lowest BCUT2D eigenvalue weighted by Gasteiger charge is -2.08. The van der Waals surface area contributed by atoms with Crippen LogP contribution in [0.15, 0.2) is 42.5 Å². The summed E-state index contributed by atoms with van der Waals surface area (Å²) >= 11 is 0. The highest BCUT2D eigenvalue weighted by molar-refractivity contribution is 5.93. The highest BCUT2D eigenvalue weighted by Gasteiger charge is 2.09. The second kappa shape index (κ2) is 4.56. The van der Waals surface area contributed by atoms with Gasteiger partial charge in [-0.25, -0.2) is 9.97 Å². The number of nitrogens with two attached hydrogens (primary N) is 2. The summed E-state index contributed by atoms with van der Waals surface area (Å²) in [4.78, 5) is 8.60. The molecule has 0 radical (unpaired) electrons. The molecule has 1 aromatic heterocycles. The molecule has 4 heteroatoms. The van der Waals surface area contributed by atoms with Gasteiger partial charge >= 0.3 is 0 Å². The van der Waals surface area contributed by atoms with E-state index in [1.54, 1.807) is 0 Å². The Balaban J connectivity index is 2.31. The quantitative estimate of drug-likeness (QED) is 0.659. The minimum absolute atomic E-state index is 0.234. The normalized spacial score (nSPS) is 10.3. The van der Waals surface area contributed by atoms with Crippen molar-refractivity contribution in [2.45, 2.75) is 0 Å².